The van der Waals surface area contributed by atoms with E-state index in [-0.39, 0.29) is 30.8 Å². The number of nitrogens with zero attached hydrogens (tertiary/aromatic N) is 3. The molecule has 0 saturated carbocycles. The minimum Gasteiger partial charge on any atom is -0.469 e. The van der Waals surface area contributed by atoms with Crippen LogP contribution in [-0.4, -0.2) is 48.1 Å². The van der Waals surface area contributed by atoms with Crippen molar-refractivity contribution in [1.29, 1.82) is 0 Å². The molecule has 26 heavy (non-hydrogen) atoms. The first-order valence-electron chi connectivity index (χ1n) is 7.76. The van der Waals surface area contributed by atoms with Crippen LogP contribution in [0, 0.1) is 0 Å². The van der Waals surface area contributed by atoms with Crippen LogP contribution in [-0.2, 0) is 20.5 Å². The zero-order valence-corrected chi connectivity index (χ0v) is 13.7. The van der Waals surface area contributed by atoms with Gasteiger partial charge in [-0.25, -0.2) is 9.97 Å². The number of esters is 1. The first kappa shape index (κ1) is 17.9. The molecule has 1 saturated heterocycles. The molecule has 7 nitrogen and oxygen atoms in total. The molecule has 0 spiro atoms. The predicted molar refractivity (Wildman–Crippen MR) is 85.3 cm³/mol. The third-order valence-electron chi connectivity index (χ3n) is 4.03. The Morgan fingerprint density at radius 1 is 1.35 bits per heavy atom. The van der Waals surface area contributed by atoms with Crippen molar-refractivity contribution in [3.8, 4) is 0 Å². The van der Waals surface area contributed by atoms with Crippen LogP contribution in [0.2, 0.25) is 0 Å². The van der Waals surface area contributed by atoms with Crippen molar-refractivity contribution in [3.05, 3.63) is 30.1 Å². The van der Waals surface area contributed by atoms with Gasteiger partial charge in [-0.2, -0.15) is 13.2 Å². The van der Waals surface area contributed by atoms with Gasteiger partial charge < -0.3 is 15.0 Å². The number of carbonyl (C=O) groups excluding carboxylic acids is 2. The van der Waals surface area contributed by atoms with Crippen LogP contribution in [0.3, 0.4) is 0 Å². The smallest absolute Gasteiger partial charge is 0.451 e. The Hall–Kier alpha value is -2.91. The van der Waals surface area contributed by atoms with E-state index in [0.29, 0.717) is 5.39 Å². The van der Waals surface area contributed by atoms with Crippen molar-refractivity contribution in [2.45, 2.75) is 18.6 Å². The Labute approximate surface area is 146 Å². The summed E-state index contributed by atoms with van der Waals surface area (Å²) < 4.78 is 44.2. The fraction of sp³-hybridized carbons (Fsp3) is 0.375. The number of aromatic nitrogens is 2. The summed E-state index contributed by atoms with van der Waals surface area (Å²) in [5.41, 5.74) is 0.104. The molecular weight excluding hydrogens is 353 g/mol. The van der Waals surface area contributed by atoms with Gasteiger partial charge in [0, 0.05) is 18.5 Å². The van der Waals surface area contributed by atoms with Gasteiger partial charge >= 0.3 is 12.1 Å². The SMILES string of the molecule is COC(=O)C[C@H]1C(=O)NCCN1c1nc(C(F)(F)F)nc2ccccc12. The second-order valence-electron chi connectivity index (χ2n) is 5.67. The zero-order chi connectivity index (χ0) is 18.9. The van der Waals surface area contributed by atoms with Crippen LogP contribution in [0.1, 0.15) is 12.2 Å². The van der Waals surface area contributed by atoms with Crippen LogP contribution in [0.15, 0.2) is 24.3 Å². The molecule has 138 valence electrons. The van der Waals surface area contributed by atoms with Crippen molar-refractivity contribution >= 4 is 28.6 Å². The van der Waals surface area contributed by atoms with Gasteiger partial charge in [0.05, 0.1) is 19.0 Å². The third-order valence-corrected chi connectivity index (χ3v) is 4.03. The molecule has 2 aromatic rings. The van der Waals surface area contributed by atoms with Crippen LogP contribution >= 0.6 is 0 Å². The molecule has 1 fully saturated rings. The van der Waals surface area contributed by atoms with Crippen molar-refractivity contribution in [3.63, 3.8) is 0 Å². The molecule has 2 heterocycles. The number of rotatable bonds is 3. The monoisotopic (exact) mass is 368 g/mol. The summed E-state index contributed by atoms with van der Waals surface area (Å²) >= 11 is 0. The highest BCUT2D eigenvalue weighted by atomic mass is 19.4. The molecule has 3 rings (SSSR count). The van der Waals surface area contributed by atoms with E-state index in [9.17, 15) is 22.8 Å². The van der Waals surface area contributed by atoms with Crippen molar-refractivity contribution < 1.29 is 27.5 Å². The number of hydrogen-bond acceptors (Lipinski definition) is 6. The number of anilines is 1. The van der Waals surface area contributed by atoms with Gasteiger partial charge in [0.15, 0.2) is 0 Å². The Bertz CT molecular complexity index is 856. The number of amides is 1. The lowest BCUT2D eigenvalue weighted by molar-refractivity contribution is -0.145. The van der Waals surface area contributed by atoms with Gasteiger partial charge in [-0.05, 0) is 12.1 Å². The molecule has 1 aliphatic heterocycles. The molecule has 0 radical (unpaired) electrons. The fourth-order valence-electron chi connectivity index (χ4n) is 2.82. The van der Waals surface area contributed by atoms with Gasteiger partial charge in [-0.3, -0.25) is 9.59 Å². The van der Waals surface area contributed by atoms with Gasteiger partial charge in [0.2, 0.25) is 11.7 Å². The minimum atomic E-state index is -4.74. The number of benzene rings is 1. The van der Waals surface area contributed by atoms with E-state index in [4.69, 9.17) is 0 Å². The van der Waals surface area contributed by atoms with E-state index in [1.165, 1.54) is 18.1 Å². The second-order valence-corrected chi connectivity index (χ2v) is 5.67. The van der Waals surface area contributed by atoms with E-state index in [1.54, 1.807) is 18.2 Å². The molecule has 1 N–H and O–H groups in total. The standard InChI is InChI=1S/C16H15F3N4O3/c1-26-12(24)8-11-14(25)20-6-7-23(11)13-9-4-2-3-5-10(9)21-15(22-13)16(17,18)19/h2-5,11H,6-8H2,1H3,(H,20,25)/t11-/m0/s1. The van der Waals surface area contributed by atoms with Gasteiger partial charge in [-0.15, -0.1) is 0 Å². The molecule has 1 aromatic carbocycles. The van der Waals surface area contributed by atoms with E-state index < -0.39 is 29.9 Å². The third kappa shape index (κ3) is 3.39. The van der Waals surface area contributed by atoms with Gasteiger partial charge in [0.25, 0.3) is 0 Å². The van der Waals surface area contributed by atoms with E-state index >= 15 is 0 Å². The molecule has 10 heteroatoms. The van der Waals surface area contributed by atoms with Crippen molar-refractivity contribution in [2.24, 2.45) is 0 Å². The predicted octanol–water partition coefficient (Wildman–Crippen LogP) is 1.52. The number of carbonyl (C=O) groups is 2. The summed E-state index contributed by atoms with van der Waals surface area (Å²) in [5.74, 6) is -2.45. The van der Waals surface area contributed by atoms with E-state index in [1.807, 2.05) is 0 Å². The molecule has 1 aliphatic rings. The Morgan fingerprint density at radius 3 is 2.77 bits per heavy atom. The highest BCUT2D eigenvalue weighted by molar-refractivity contribution is 5.95. The Kier molecular flexibility index (Phi) is 4.66. The van der Waals surface area contributed by atoms with Crippen molar-refractivity contribution in [1.82, 2.24) is 15.3 Å². The second kappa shape index (κ2) is 6.77. The van der Waals surface area contributed by atoms with E-state index in [0.717, 1.165) is 0 Å². The number of methoxy groups -OCH3 is 1. The number of para-hydroxylation sites is 1. The summed E-state index contributed by atoms with van der Waals surface area (Å²) in [6.07, 6.45) is -5.04. The average Bonchev–Trinajstić information content (AvgIpc) is 2.61. The topological polar surface area (TPSA) is 84.4 Å². The lowest BCUT2D eigenvalue weighted by Gasteiger charge is -2.36. The molecule has 0 aliphatic carbocycles. The maximum atomic E-state index is 13.2. The molecule has 1 atom stereocenters. The lowest BCUT2D eigenvalue weighted by Crippen LogP contribution is -2.56. The quantitative estimate of drug-likeness (QED) is 0.827. The summed E-state index contributed by atoms with van der Waals surface area (Å²) in [5, 5.41) is 2.97. The number of hydrogen-bond donors (Lipinski definition) is 1. The van der Waals surface area contributed by atoms with Crippen molar-refractivity contribution in [2.75, 3.05) is 25.1 Å². The minimum absolute atomic E-state index is 0.0355. The maximum absolute atomic E-state index is 13.2. The normalized spacial score (nSPS) is 17.9. The molecule has 1 amide bonds. The number of nitrogens with one attached hydrogen (secondary N) is 1. The summed E-state index contributed by atoms with van der Waals surface area (Å²) in [7, 11) is 1.18. The number of piperazine rings is 1. The average molecular weight is 368 g/mol. The van der Waals surface area contributed by atoms with Crippen LogP contribution in [0.4, 0.5) is 19.0 Å². The molecule has 0 bridgehead atoms. The van der Waals surface area contributed by atoms with Gasteiger partial charge in [0.1, 0.15) is 11.9 Å². The first-order chi connectivity index (χ1) is 12.3. The summed E-state index contributed by atoms with van der Waals surface area (Å²) in [6, 6.07) is 5.20. The fourth-order valence-corrected chi connectivity index (χ4v) is 2.82. The number of alkyl halides is 3. The molecule has 0 unspecified atom stereocenters. The zero-order valence-electron chi connectivity index (χ0n) is 13.7. The number of ether oxygens (including phenoxy) is 1. The lowest BCUT2D eigenvalue weighted by atomic mass is 10.1. The Morgan fingerprint density at radius 2 is 2.08 bits per heavy atom. The van der Waals surface area contributed by atoms with Gasteiger partial charge in [-0.1, -0.05) is 12.1 Å². The number of halogens is 3. The van der Waals surface area contributed by atoms with Crippen LogP contribution < -0.4 is 10.2 Å². The largest absolute Gasteiger partial charge is 0.469 e. The first-order valence-corrected chi connectivity index (χ1v) is 7.76. The van der Waals surface area contributed by atoms with Crippen LogP contribution in [0.25, 0.3) is 10.9 Å². The summed E-state index contributed by atoms with van der Waals surface area (Å²) in [6.45, 7) is 0.419. The van der Waals surface area contributed by atoms with E-state index in [2.05, 4.69) is 20.0 Å². The molecule has 1 aromatic heterocycles. The molecular formula is C16H15F3N4O3. The van der Waals surface area contributed by atoms with Crippen LogP contribution in [0.5, 0.6) is 0 Å². The highest BCUT2D eigenvalue weighted by Gasteiger charge is 2.38. The maximum Gasteiger partial charge on any atom is 0.451 e. The Balaban J connectivity index is 2.14. The summed E-state index contributed by atoms with van der Waals surface area (Å²) in [4.78, 5) is 32.5. The number of fused-ring (bicyclic) bond motifs is 1. The highest BCUT2D eigenvalue weighted by Crippen LogP contribution is 2.33.